The van der Waals surface area contributed by atoms with Crippen LogP contribution in [0, 0.1) is 5.41 Å². The molecule has 9 nitrogen and oxygen atoms in total. The Balaban J connectivity index is 0.00000118. The molecule has 0 aliphatic carbocycles. The minimum Gasteiger partial charge on any atom is -0.402 e. The second-order valence-electron chi connectivity index (χ2n) is 4.53. The molecule has 9 heteroatoms. The number of allylic oxidation sites excluding steroid dienone is 2. The van der Waals surface area contributed by atoms with E-state index in [2.05, 4.69) is 33.8 Å². The minimum atomic E-state index is -0.863. The van der Waals surface area contributed by atoms with Gasteiger partial charge in [-0.2, -0.15) is 4.99 Å². The fraction of sp³-hybridized carbons (Fsp3) is 0.267. The molecule has 1 heterocycles. The Bertz CT molecular complexity index is 659. The molecule has 1 aromatic heterocycles. The SMILES string of the molecule is C=CCC.CNc1ncnc(N)c1C(=N)C(=O)N=C(N)/C=C(/C)N. The van der Waals surface area contributed by atoms with Gasteiger partial charge in [-0.15, -0.1) is 6.58 Å². The molecule has 0 aromatic carbocycles. The van der Waals surface area contributed by atoms with E-state index in [1.165, 1.54) is 12.4 Å². The molecule has 8 N–H and O–H groups in total. The van der Waals surface area contributed by atoms with Gasteiger partial charge in [0, 0.05) is 12.7 Å². The summed E-state index contributed by atoms with van der Waals surface area (Å²) >= 11 is 0. The number of anilines is 2. The molecule has 0 radical (unpaired) electrons. The summed E-state index contributed by atoms with van der Waals surface area (Å²) in [5.41, 5.74) is 16.6. The number of hydrogen-bond donors (Lipinski definition) is 5. The summed E-state index contributed by atoms with van der Waals surface area (Å²) in [5, 5.41) is 10.6. The van der Waals surface area contributed by atoms with Crippen molar-refractivity contribution in [2.75, 3.05) is 18.1 Å². The fourth-order valence-corrected chi connectivity index (χ4v) is 1.38. The van der Waals surface area contributed by atoms with Crippen molar-refractivity contribution in [3.8, 4) is 0 Å². The highest BCUT2D eigenvalue weighted by molar-refractivity contribution is 6.47. The van der Waals surface area contributed by atoms with E-state index in [0.29, 0.717) is 5.70 Å². The summed E-state index contributed by atoms with van der Waals surface area (Å²) in [5.74, 6) is -0.698. The maximum atomic E-state index is 11.9. The second kappa shape index (κ2) is 10.5. The molecule has 0 fully saturated rings. The highest BCUT2D eigenvalue weighted by Gasteiger charge is 2.19. The average molecular weight is 332 g/mol. The van der Waals surface area contributed by atoms with Crippen LogP contribution in [0.15, 0.2) is 35.7 Å². The molecule has 1 aromatic rings. The minimum absolute atomic E-state index is 0.00187. The van der Waals surface area contributed by atoms with Crippen LogP contribution < -0.4 is 22.5 Å². The second-order valence-corrected chi connectivity index (χ2v) is 4.53. The van der Waals surface area contributed by atoms with Gasteiger partial charge < -0.3 is 22.5 Å². The predicted octanol–water partition coefficient (Wildman–Crippen LogP) is 0.797. The molecule has 0 unspecified atom stereocenters. The van der Waals surface area contributed by atoms with E-state index in [-0.39, 0.29) is 23.0 Å². The van der Waals surface area contributed by atoms with Crippen LogP contribution in [0.3, 0.4) is 0 Å². The summed E-state index contributed by atoms with van der Waals surface area (Å²) in [4.78, 5) is 23.0. The van der Waals surface area contributed by atoms with Gasteiger partial charge >= 0.3 is 0 Å². The van der Waals surface area contributed by atoms with Gasteiger partial charge in [-0.1, -0.05) is 13.0 Å². The number of amides is 1. The van der Waals surface area contributed by atoms with Gasteiger partial charge in [-0.05, 0) is 19.4 Å². The maximum Gasteiger partial charge on any atom is 0.297 e. The van der Waals surface area contributed by atoms with E-state index in [9.17, 15) is 4.79 Å². The first-order chi connectivity index (χ1) is 11.3. The quantitative estimate of drug-likeness (QED) is 0.301. The number of nitrogens with two attached hydrogens (primary N) is 3. The van der Waals surface area contributed by atoms with Crippen LogP contribution in [0.4, 0.5) is 11.6 Å². The Morgan fingerprint density at radius 1 is 1.46 bits per heavy atom. The van der Waals surface area contributed by atoms with Crippen LogP contribution in [0.1, 0.15) is 25.8 Å². The Morgan fingerprint density at radius 2 is 2.04 bits per heavy atom. The fourth-order valence-electron chi connectivity index (χ4n) is 1.38. The van der Waals surface area contributed by atoms with E-state index >= 15 is 0 Å². The number of nitrogen functional groups attached to an aromatic ring is 1. The summed E-state index contributed by atoms with van der Waals surface area (Å²) in [6.45, 7) is 7.14. The van der Waals surface area contributed by atoms with E-state index in [1.807, 2.05) is 6.08 Å². The molecule has 0 saturated heterocycles. The summed E-state index contributed by atoms with van der Waals surface area (Å²) in [7, 11) is 1.58. The number of aliphatic imine (C=N–C) groups is 1. The van der Waals surface area contributed by atoms with Gasteiger partial charge in [0.05, 0.1) is 5.56 Å². The molecule has 0 bridgehead atoms. The lowest BCUT2D eigenvalue weighted by atomic mass is 10.1. The summed E-state index contributed by atoms with van der Waals surface area (Å²) in [6.07, 6.45) is 5.50. The summed E-state index contributed by atoms with van der Waals surface area (Å²) < 4.78 is 0. The smallest absolute Gasteiger partial charge is 0.297 e. The number of aromatic nitrogens is 2. The third-order valence-electron chi connectivity index (χ3n) is 2.47. The third kappa shape index (κ3) is 6.69. The molecule has 0 saturated carbocycles. The molecule has 0 atom stereocenters. The highest BCUT2D eigenvalue weighted by atomic mass is 16.1. The normalized spacial score (nSPS) is 11.1. The molecule has 1 rings (SSSR count). The van der Waals surface area contributed by atoms with Crippen LogP contribution >= 0.6 is 0 Å². The van der Waals surface area contributed by atoms with Crippen molar-refractivity contribution in [2.24, 2.45) is 16.5 Å². The van der Waals surface area contributed by atoms with Crippen molar-refractivity contribution < 1.29 is 4.79 Å². The van der Waals surface area contributed by atoms with Crippen molar-refractivity contribution in [3.63, 3.8) is 0 Å². The van der Waals surface area contributed by atoms with E-state index < -0.39 is 11.6 Å². The zero-order valence-electron chi connectivity index (χ0n) is 14.1. The molecular formula is C15H24N8O. The van der Waals surface area contributed by atoms with Crippen LogP contribution in [-0.4, -0.2) is 34.5 Å². The lowest BCUT2D eigenvalue weighted by Gasteiger charge is -2.08. The Hall–Kier alpha value is -3.23. The van der Waals surface area contributed by atoms with Crippen LogP contribution in [0.25, 0.3) is 0 Å². The largest absolute Gasteiger partial charge is 0.402 e. The lowest BCUT2D eigenvalue weighted by Crippen LogP contribution is -2.21. The molecule has 130 valence electrons. The first-order valence-electron chi connectivity index (χ1n) is 7.08. The zero-order valence-corrected chi connectivity index (χ0v) is 14.1. The van der Waals surface area contributed by atoms with E-state index in [4.69, 9.17) is 22.6 Å². The standard InChI is InChI=1S/C11H16N8O.C4H8/c1-5(12)3-6(13)19-11(20)8(14)7-9(15)17-4-18-10(7)16-2;1-3-4-2/h3-4,14H,12H2,1-2H3,(H2,13,19,20)(H3,15,16,17,18);3H,1,4H2,2H3/b5-3-,14-8?;. The molecule has 0 aliphatic rings. The topological polar surface area (TPSA) is 169 Å². The zero-order chi connectivity index (χ0) is 18.7. The Morgan fingerprint density at radius 3 is 2.50 bits per heavy atom. The van der Waals surface area contributed by atoms with E-state index in [1.54, 1.807) is 14.0 Å². The number of amidine groups is 1. The Labute approximate surface area is 141 Å². The van der Waals surface area contributed by atoms with Crippen LogP contribution in [0.2, 0.25) is 0 Å². The van der Waals surface area contributed by atoms with Crippen molar-refractivity contribution in [1.29, 1.82) is 5.41 Å². The summed E-state index contributed by atoms with van der Waals surface area (Å²) in [6, 6.07) is 0. The number of nitrogens with one attached hydrogen (secondary N) is 2. The number of rotatable bonds is 5. The number of nitrogens with zero attached hydrogens (tertiary/aromatic N) is 3. The number of hydrogen-bond acceptors (Lipinski definition) is 7. The molecule has 0 spiro atoms. The van der Waals surface area contributed by atoms with Crippen molar-refractivity contribution >= 4 is 29.1 Å². The highest BCUT2D eigenvalue weighted by Crippen LogP contribution is 2.17. The predicted molar refractivity (Wildman–Crippen MR) is 97.9 cm³/mol. The first-order valence-corrected chi connectivity index (χ1v) is 7.08. The number of carbonyl (C=O) groups excluding carboxylic acids is 1. The van der Waals surface area contributed by atoms with Gasteiger partial charge in [-0.25, -0.2) is 9.97 Å². The molecule has 1 amide bonds. The lowest BCUT2D eigenvalue weighted by molar-refractivity contribution is -0.111. The van der Waals surface area contributed by atoms with Crippen molar-refractivity contribution in [1.82, 2.24) is 9.97 Å². The van der Waals surface area contributed by atoms with Crippen molar-refractivity contribution in [2.45, 2.75) is 20.3 Å². The maximum absolute atomic E-state index is 11.9. The van der Waals surface area contributed by atoms with Gasteiger partial charge in [0.1, 0.15) is 29.5 Å². The van der Waals surface area contributed by atoms with Crippen LogP contribution in [-0.2, 0) is 4.79 Å². The van der Waals surface area contributed by atoms with E-state index in [0.717, 1.165) is 6.42 Å². The molecule has 0 aliphatic heterocycles. The Kier molecular flexibility index (Phi) is 9.08. The van der Waals surface area contributed by atoms with Gasteiger partial charge in [-0.3, -0.25) is 10.2 Å². The molecule has 24 heavy (non-hydrogen) atoms. The first kappa shape index (κ1) is 20.8. The number of carbonyl (C=O) groups is 1. The average Bonchev–Trinajstić information content (AvgIpc) is 2.53. The van der Waals surface area contributed by atoms with Gasteiger partial charge in [0.25, 0.3) is 5.91 Å². The third-order valence-corrected chi connectivity index (χ3v) is 2.47. The van der Waals surface area contributed by atoms with Crippen molar-refractivity contribution in [3.05, 3.63) is 36.3 Å². The van der Waals surface area contributed by atoms with Gasteiger partial charge in [0.15, 0.2) is 0 Å². The monoisotopic (exact) mass is 332 g/mol. The van der Waals surface area contributed by atoms with Crippen LogP contribution in [0.5, 0.6) is 0 Å². The van der Waals surface area contributed by atoms with Gasteiger partial charge in [0.2, 0.25) is 0 Å². The molecular weight excluding hydrogens is 308 g/mol.